The van der Waals surface area contributed by atoms with Crippen LogP contribution in [0.4, 0.5) is 5.69 Å². The summed E-state index contributed by atoms with van der Waals surface area (Å²) in [6, 6.07) is 8.54. The number of fused-ring (bicyclic) bond motifs is 1. The highest BCUT2D eigenvalue weighted by Gasteiger charge is 2.26. The third-order valence-electron chi connectivity index (χ3n) is 6.02. The lowest BCUT2D eigenvalue weighted by molar-refractivity contribution is 0.0696. The minimum Gasteiger partial charge on any atom is -0.493 e. The fraction of sp³-hybridized carbons (Fsp3) is 0.393. The summed E-state index contributed by atoms with van der Waals surface area (Å²) in [4.78, 5) is 29.3. The van der Waals surface area contributed by atoms with E-state index in [0.29, 0.717) is 58.9 Å². The van der Waals surface area contributed by atoms with Crippen molar-refractivity contribution in [1.29, 1.82) is 0 Å². The number of aromatic carboxylic acids is 1. The van der Waals surface area contributed by atoms with Crippen LogP contribution in [-0.4, -0.2) is 59.5 Å². The molecule has 3 rings (SSSR count). The Bertz CT molecular complexity index is 1340. The van der Waals surface area contributed by atoms with Crippen molar-refractivity contribution in [2.45, 2.75) is 46.1 Å². The number of aliphatic hydroxyl groups is 1. The zero-order valence-corrected chi connectivity index (χ0v) is 22.4. The predicted octanol–water partition coefficient (Wildman–Crippen LogP) is 3.74. The number of rotatable bonds is 12. The number of pyridine rings is 1. The quantitative estimate of drug-likeness (QED) is 0.259. The zero-order chi connectivity index (χ0) is 28.0. The number of carbonyl (C=O) groups is 2. The van der Waals surface area contributed by atoms with Crippen molar-refractivity contribution in [2.24, 2.45) is 0 Å². The Balaban J connectivity index is 1.84. The molecule has 3 aromatic rings. The Hall–Kier alpha value is -4.05. The van der Waals surface area contributed by atoms with Gasteiger partial charge in [0, 0.05) is 18.6 Å². The second-order valence-corrected chi connectivity index (χ2v) is 9.51. The number of anilines is 1. The molecule has 204 valence electrons. The number of aliphatic hydroxyl groups excluding tert-OH is 1. The molecule has 0 fully saturated rings. The first kappa shape index (κ1) is 28.5. The number of carboxylic acid groups (broad SMARTS) is 1. The van der Waals surface area contributed by atoms with E-state index in [9.17, 15) is 14.7 Å². The number of nitrogens with two attached hydrogens (primary N) is 1. The topological polar surface area (TPSA) is 153 Å². The van der Waals surface area contributed by atoms with Gasteiger partial charge in [-0.3, -0.25) is 9.78 Å². The highest BCUT2D eigenvalue weighted by atomic mass is 16.5. The first-order chi connectivity index (χ1) is 18.0. The third kappa shape index (κ3) is 6.25. The number of methoxy groups -OCH3 is 1. The molecule has 0 saturated carbocycles. The average Bonchev–Trinajstić information content (AvgIpc) is 2.86. The van der Waals surface area contributed by atoms with Crippen LogP contribution in [0.1, 0.15) is 59.2 Å². The van der Waals surface area contributed by atoms with Gasteiger partial charge in [-0.1, -0.05) is 13.0 Å². The number of carbonyl (C=O) groups excluding carboxylic acids is 1. The third-order valence-corrected chi connectivity index (χ3v) is 6.02. The SMILES string of the molecule is CCc1ccc2nc(C)c(C(=O)O)c(N)c2c1OCC(C)(C)NC(=O)c1ccc(OCCCO)c(OC)c1. The van der Waals surface area contributed by atoms with Crippen molar-refractivity contribution >= 4 is 28.5 Å². The first-order valence-electron chi connectivity index (χ1n) is 12.3. The second-order valence-electron chi connectivity index (χ2n) is 9.51. The zero-order valence-electron chi connectivity index (χ0n) is 22.4. The molecule has 0 aliphatic carbocycles. The van der Waals surface area contributed by atoms with Crippen LogP contribution in [-0.2, 0) is 6.42 Å². The maximum absolute atomic E-state index is 13.1. The van der Waals surface area contributed by atoms with E-state index in [4.69, 9.17) is 25.1 Å². The van der Waals surface area contributed by atoms with Crippen LogP contribution in [0.2, 0.25) is 0 Å². The van der Waals surface area contributed by atoms with Crippen molar-refractivity contribution in [1.82, 2.24) is 10.3 Å². The van der Waals surface area contributed by atoms with Gasteiger partial charge in [0.05, 0.1) is 41.5 Å². The molecule has 38 heavy (non-hydrogen) atoms. The van der Waals surface area contributed by atoms with Crippen LogP contribution in [0.25, 0.3) is 10.9 Å². The van der Waals surface area contributed by atoms with Crippen LogP contribution in [0.15, 0.2) is 30.3 Å². The van der Waals surface area contributed by atoms with Crippen LogP contribution in [0.3, 0.4) is 0 Å². The molecule has 1 amide bonds. The highest BCUT2D eigenvalue weighted by molar-refractivity contribution is 6.07. The Morgan fingerprint density at radius 3 is 2.50 bits per heavy atom. The maximum Gasteiger partial charge on any atom is 0.339 e. The largest absolute Gasteiger partial charge is 0.493 e. The van der Waals surface area contributed by atoms with E-state index in [1.807, 2.05) is 26.8 Å². The summed E-state index contributed by atoms with van der Waals surface area (Å²) >= 11 is 0. The van der Waals surface area contributed by atoms with Crippen LogP contribution in [0, 0.1) is 6.92 Å². The molecule has 0 saturated heterocycles. The summed E-state index contributed by atoms with van der Waals surface area (Å²) in [5, 5.41) is 22.0. The molecule has 1 heterocycles. The van der Waals surface area contributed by atoms with E-state index >= 15 is 0 Å². The molecule has 0 atom stereocenters. The van der Waals surface area contributed by atoms with Crippen LogP contribution >= 0.6 is 0 Å². The van der Waals surface area contributed by atoms with E-state index in [1.165, 1.54) is 7.11 Å². The van der Waals surface area contributed by atoms with Crippen molar-refractivity contribution in [3.05, 3.63) is 52.7 Å². The smallest absolute Gasteiger partial charge is 0.339 e. The summed E-state index contributed by atoms with van der Waals surface area (Å²) < 4.78 is 17.2. The van der Waals surface area contributed by atoms with Gasteiger partial charge in [0.2, 0.25) is 0 Å². The van der Waals surface area contributed by atoms with Gasteiger partial charge in [0.1, 0.15) is 17.9 Å². The average molecular weight is 526 g/mol. The number of nitrogens with zero attached hydrogens (tertiary/aromatic N) is 1. The highest BCUT2D eigenvalue weighted by Crippen LogP contribution is 2.37. The molecule has 0 unspecified atom stereocenters. The second kappa shape index (κ2) is 12.0. The van der Waals surface area contributed by atoms with Gasteiger partial charge < -0.3 is 35.5 Å². The minimum atomic E-state index is -1.16. The monoisotopic (exact) mass is 525 g/mol. The van der Waals surface area contributed by atoms with E-state index in [1.54, 1.807) is 31.2 Å². The number of carboxylic acids is 1. The van der Waals surface area contributed by atoms with E-state index in [0.717, 1.165) is 5.56 Å². The molecule has 0 aliphatic heterocycles. The Morgan fingerprint density at radius 1 is 1.13 bits per heavy atom. The summed E-state index contributed by atoms with van der Waals surface area (Å²) in [6.45, 7) is 7.63. The number of nitrogen functional groups attached to an aromatic ring is 1. The standard InChI is InChI=1S/C28H35N3O7/c1-6-17-8-10-19-23(24(29)22(27(34)35)16(2)30-19)25(17)38-15-28(3,4)31-26(33)18-9-11-20(21(14-18)36-5)37-13-7-12-32/h8-11,14,32H,6-7,12-13,15H2,1-5H3,(H2,29,30)(H,31,33)(H,34,35). The van der Waals surface area contributed by atoms with Gasteiger partial charge in [0.15, 0.2) is 11.5 Å². The summed E-state index contributed by atoms with van der Waals surface area (Å²) in [6.07, 6.45) is 1.11. The van der Waals surface area contributed by atoms with Gasteiger partial charge in [-0.05, 0) is 57.0 Å². The van der Waals surface area contributed by atoms with Gasteiger partial charge in [0.25, 0.3) is 5.91 Å². The van der Waals surface area contributed by atoms with E-state index < -0.39 is 11.5 Å². The number of hydrogen-bond acceptors (Lipinski definition) is 8. The number of ether oxygens (including phenoxy) is 3. The fourth-order valence-electron chi connectivity index (χ4n) is 4.08. The summed E-state index contributed by atoms with van der Waals surface area (Å²) in [7, 11) is 1.49. The van der Waals surface area contributed by atoms with Crippen molar-refractivity contribution < 1.29 is 34.0 Å². The van der Waals surface area contributed by atoms with Gasteiger partial charge in [-0.2, -0.15) is 0 Å². The van der Waals surface area contributed by atoms with Gasteiger partial charge >= 0.3 is 5.97 Å². The fourth-order valence-corrected chi connectivity index (χ4v) is 4.08. The van der Waals surface area contributed by atoms with Crippen LogP contribution in [0.5, 0.6) is 17.2 Å². The maximum atomic E-state index is 13.1. The van der Waals surface area contributed by atoms with Crippen molar-refractivity contribution in [3.63, 3.8) is 0 Å². The van der Waals surface area contributed by atoms with Gasteiger partial charge in [-0.25, -0.2) is 4.79 Å². The van der Waals surface area contributed by atoms with Crippen molar-refractivity contribution in [3.8, 4) is 17.2 Å². The van der Waals surface area contributed by atoms with Gasteiger partial charge in [-0.15, -0.1) is 0 Å². The molecule has 0 spiro atoms. The summed E-state index contributed by atoms with van der Waals surface area (Å²) in [5.41, 5.74) is 7.62. The number of amides is 1. The minimum absolute atomic E-state index is 0.0158. The number of aryl methyl sites for hydroxylation is 2. The normalized spacial score (nSPS) is 11.3. The molecule has 2 aromatic carbocycles. The lowest BCUT2D eigenvalue weighted by atomic mass is 10.0. The molecule has 0 aliphatic rings. The number of nitrogens with one attached hydrogen (secondary N) is 1. The molecule has 10 heteroatoms. The summed E-state index contributed by atoms with van der Waals surface area (Å²) in [5.74, 6) is -0.163. The number of aromatic nitrogens is 1. The lowest BCUT2D eigenvalue weighted by Crippen LogP contribution is -2.47. The van der Waals surface area contributed by atoms with E-state index in [2.05, 4.69) is 10.3 Å². The van der Waals surface area contributed by atoms with Crippen LogP contribution < -0.4 is 25.3 Å². The Morgan fingerprint density at radius 2 is 1.87 bits per heavy atom. The molecular weight excluding hydrogens is 490 g/mol. The lowest BCUT2D eigenvalue weighted by Gasteiger charge is -2.28. The molecule has 10 nitrogen and oxygen atoms in total. The molecular formula is C28H35N3O7. The molecule has 0 bridgehead atoms. The Labute approximate surface area is 221 Å². The first-order valence-corrected chi connectivity index (χ1v) is 12.3. The number of hydrogen-bond donors (Lipinski definition) is 4. The van der Waals surface area contributed by atoms with Crippen molar-refractivity contribution in [2.75, 3.05) is 32.7 Å². The van der Waals surface area contributed by atoms with E-state index in [-0.39, 0.29) is 30.4 Å². The predicted molar refractivity (Wildman–Crippen MR) is 144 cm³/mol. The molecule has 0 radical (unpaired) electrons. The molecule has 1 aromatic heterocycles. The molecule has 5 N–H and O–H groups in total. The number of benzene rings is 2. The Kier molecular flexibility index (Phi) is 9.00.